The van der Waals surface area contributed by atoms with Gasteiger partial charge in [-0.15, -0.1) is 0 Å². The van der Waals surface area contributed by atoms with Gasteiger partial charge in [-0.05, 0) is 49.2 Å². The molecule has 4 heteroatoms. The maximum Gasteiger partial charge on any atom is 0.138 e. The van der Waals surface area contributed by atoms with Gasteiger partial charge in [0, 0.05) is 12.2 Å². The molecule has 0 heterocycles. The highest BCUT2D eigenvalue weighted by Crippen LogP contribution is 2.28. The smallest absolute Gasteiger partial charge is 0.138 e. The number of nitrogens with one attached hydrogen (secondary N) is 1. The Labute approximate surface area is 130 Å². The van der Waals surface area contributed by atoms with E-state index in [-0.39, 0.29) is 0 Å². The van der Waals surface area contributed by atoms with Crippen molar-refractivity contribution in [2.45, 2.75) is 20.4 Å². The minimum atomic E-state index is 0.609. The molecular weight excluding hydrogens is 286 g/mol. The molecule has 1 N–H and O–H groups in total. The molecule has 2 aromatic carbocycles. The Hall–Kier alpha value is -1.87. The van der Waals surface area contributed by atoms with Gasteiger partial charge in [-0.3, -0.25) is 0 Å². The number of aryl methyl sites for hydroxylation is 1. The largest absolute Gasteiger partial charge is 0.496 e. The summed E-state index contributed by atoms with van der Waals surface area (Å²) in [4.78, 5) is 0. The summed E-state index contributed by atoms with van der Waals surface area (Å²) in [7, 11) is 1.68. The van der Waals surface area contributed by atoms with E-state index in [4.69, 9.17) is 21.1 Å². The van der Waals surface area contributed by atoms with Crippen LogP contribution < -0.4 is 14.8 Å². The Morgan fingerprint density at radius 1 is 1.10 bits per heavy atom. The van der Waals surface area contributed by atoms with Crippen LogP contribution >= 0.6 is 11.6 Å². The molecule has 21 heavy (non-hydrogen) atoms. The van der Waals surface area contributed by atoms with E-state index in [2.05, 4.69) is 17.4 Å². The first-order valence-corrected chi connectivity index (χ1v) is 7.31. The lowest BCUT2D eigenvalue weighted by molar-refractivity contribution is 0.340. The summed E-state index contributed by atoms with van der Waals surface area (Å²) in [5.41, 5.74) is 3.29. The lowest BCUT2D eigenvalue weighted by Crippen LogP contribution is -2.01. The molecule has 0 atom stereocenters. The highest BCUT2D eigenvalue weighted by atomic mass is 35.5. The Morgan fingerprint density at radius 3 is 2.48 bits per heavy atom. The molecule has 0 aliphatic heterocycles. The Bertz CT molecular complexity index is 614. The fraction of sp³-hybridized carbons (Fsp3) is 0.294. The first kappa shape index (κ1) is 15.5. The van der Waals surface area contributed by atoms with Crippen molar-refractivity contribution in [3.05, 3.63) is 52.5 Å². The molecule has 0 spiro atoms. The van der Waals surface area contributed by atoms with E-state index in [1.54, 1.807) is 7.11 Å². The molecule has 0 saturated heterocycles. The molecule has 0 bridgehead atoms. The second kappa shape index (κ2) is 7.23. The standard InChI is InChI=1S/C17H20ClNO2/c1-4-21-17-8-6-14(10-15(17)18)19-11-13-5-7-16(20-3)12(2)9-13/h5-10,19H,4,11H2,1-3H3. The molecule has 2 aromatic rings. The predicted octanol–water partition coefficient (Wildman–Crippen LogP) is 4.67. The number of benzene rings is 2. The summed E-state index contributed by atoms with van der Waals surface area (Å²) in [6.45, 7) is 5.32. The summed E-state index contributed by atoms with van der Waals surface area (Å²) < 4.78 is 10.7. The zero-order chi connectivity index (χ0) is 15.2. The van der Waals surface area contributed by atoms with Crippen molar-refractivity contribution < 1.29 is 9.47 Å². The van der Waals surface area contributed by atoms with Gasteiger partial charge < -0.3 is 14.8 Å². The van der Waals surface area contributed by atoms with Gasteiger partial charge in [0.25, 0.3) is 0 Å². The van der Waals surface area contributed by atoms with Gasteiger partial charge >= 0.3 is 0 Å². The van der Waals surface area contributed by atoms with Gasteiger partial charge in [-0.1, -0.05) is 23.7 Å². The van der Waals surface area contributed by atoms with Crippen molar-refractivity contribution in [1.82, 2.24) is 0 Å². The van der Waals surface area contributed by atoms with E-state index in [1.807, 2.05) is 38.1 Å². The van der Waals surface area contributed by atoms with Crippen molar-refractivity contribution in [1.29, 1.82) is 0 Å². The van der Waals surface area contributed by atoms with Crippen LogP contribution in [0.1, 0.15) is 18.1 Å². The van der Waals surface area contributed by atoms with E-state index in [0.29, 0.717) is 17.4 Å². The minimum Gasteiger partial charge on any atom is -0.496 e. The number of hydrogen-bond donors (Lipinski definition) is 1. The summed E-state index contributed by atoms with van der Waals surface area (Å²) in [6.07, 6.45) is 0. The van der Waals surface area contributed by atoms with Crippen molar-refractivity contribution in [2.24, 2.45) is 0 Å². The van der Waals surface area contributed by atoms with Crippen molar-refractivity contribution in [3.63, 3.8) is 0 Å². The van der Waals surface area contributed by atoms with Crippen molar-refractivity contribution >= 4 is 17.3 Å². The number of rotatable bonds is 6. The number of halogens is 1. The molecular formula is C17H20ClNO2. The van der Waals surface area contributed by atoms with Crippen LogP contribution in [0.25, 0.3) is 0 Å². The van der Waals surface area contributed by atoms with Crippen LogP contribution in [0.5, 0.6) is 11.5 Å². The average Bonchev–Trinajstić information content (AvgIpc) is 2.48. The maximum atomic E-state index is 6.17. The zero-order valence-corrected chi connectivity index (χ0v) is 13.3. The van der Waals surface area contributed by atoms with Gasteiger partial charge in [-0.2, -0.15) is 0 Å². The number of ether oxygens (including phenoxy) is 2. The Balaban J connectivity index is 2.02. The molecule has 0 amide bonds. The molecule has 2 rings (SSSR count). The van der Waals surface area contributed by atoms with Gasteiger partial charge in [0.05, 0.1) is 18.7 Å². The second-order valence-electron chi connectivity index (χ2n) is 4.74. The van der Waals surface area contributed by atoms with Crippen molar-refractivity contribution in [2.75, 3.05) is 19.0 Å². The first-order valence-electron chi connectivity index (χ1n) is 6.93. The van der Waals surface area contributed by atoms with Crippen LogP contribution in [0.4, 0.5) is 5.69 Å². The van der Waals surface area contributed by atoms with E-state index in [0.717, 1.165) is 23.5 Å². The van der Waals surface area contributed by atoms with Gasteiger partial charge in [0.2, 0.25) is 0 Å². The molecule has 0 unspecified atom stereocenters. The molecule has 0 fully saturated rings. The third-order valence-electron chi connectivity index (χ3n) is 3.19. The van der Waals surface area contributed by atoms with Crippen LogP contribution in [0.3, 0.4) is 0 Å². The fourth-order valence-corrected chi connectivity index (χ4v) is 2.37. The predicted molar refractivity (Wildman–Crippen MR) is 87.7 cm³/mol. The number of methoxy groups -OCH3 is 1. The molecule has 0 aliphatic rings. The summed E-state index contributed by atoms with van der Waals surface area (Å²) in [6, 6.07) is 11.9. The highest BCUT2D eigenvalue weighted by Gasteiger charge is 2.03. The van der Waals surface area contributed by atoms with Gasteiger partial charge in [0.1, 0.15) is 11.5 Å². The van der Waals surface area contributed by atoms with E-state index in [1.165, 1.54) is 5.56 Å². The first-order chi connectivity index (χ1) is 10.1. The lowest BCUT2D eigenvalue weighted by atomic mass is 10.1. The average molecular weight is 306 g/mol. The minimum absolute atomic E-state index is 0.609. The normalized spacial score (nSPS) is 10.3. The monoisotopic (exact) mass is 305 g/mol. The van der Waals surface area contributed by atoms with E-state index >= 15 is 0 Å². The number of anilines is 1. The van der Waals surface area contributed by atoms with Crippen LogP contribution in [0, 0.1) is 6.92 Å². The van der Waals surface area contributed by atoms with E-state index in [9.17, 15) is 0 Å². The van der Waals surface area contributed by atoms with Crippen LogP contribution in [0.15, 0.2) is 36.4 Å². The Kier molecular flexibility index (Phi) is 5.34. The number of hydrogen-bond acceptors (Lipinski definition) is 3. The zero-order valence-electron chi connectivity index (χ0n) is 12.6. The van der Waals surface area contributed by atoms with Crippen LogP contribution in [0.2, 0.25) is 5.02 Å². The third-order valence-corrected chi connectivity index (χ3v) is 3.48. The van der Waals surface area contributed by atoms with Crippen LogP contribution in [-0.2, 0) is 6.54 Å². The van der Waals surface area contributed by atoms with E-state index < -0.39 is 0 Å². The van der Waals surface area contributed by atoms with Crippen LogP contribution in [-0.4, -0.2) is 13.7 Å². The lowest BCUT2D eigenvalue weighted by Gasteiger charge is -2.11. The topological polar surface area (TPSA) is 30.5 Å². The second-order valence-corrected chi connectivity index (χ2v) is 5.14. The molecule has 0 aromatic heterocycles. The fourth-order valence-electron chi connectivity index (χ4n) is 2.14. The van der Waals surface area contributed by atoms with Gasteiger partial charge in [0.15, 0.2) is 0 Å². The molecule has 0 saturated carbocycles. The van der Waals surface area contributed by atoms with Gasteiger partial charge in [-0.25, -0.2) is 0 Å². The molecule has 0 aliphatic carbocycles. The molecule has 0 radical (unpaired) electrons. The molecule has 112 valence electrons. The van der Waals surface area contributed by atoms with Crippen molar-refractivity contribution in [3.8, 4) is 11.5 Å². The SMILES string of the molecule is CCOc1ccc(NCc2ccc(OC)c(C)c2)cc1Cl. The quantitative estimate of drug-likeness (QED) is 0.841. The highest BCUT2D eigenvalue weighted by molar-refractivity contribution is 6.32. The maximum absolute atomic E-state index is 6.17. The summed E-state index contributed by atoms with van der Waals surface area (Å²) >= 11 is 6.17. The Morgan fingerprint density at radius 2 is 1.86 bits per heavy atom. The summed E-state index contributed by atoms with van der Waals surface area (Å²) in [5.74, 6) is 1.62. The summed E-state index contributed by atoms with van der Waals surface area (Å²) in [5, 5.41) is 3.97. The third kappa shape index (κ3) is 4.05. The molecule has 3 nitrogen and oxygen atoms in total.